The van der Waals surface area contributed by atoms with Gasteiger partial charge in [0, 0.05) is 19.1 Å². The Hall–Kier alpha value is -3.32. The maximum absolute atomic E-state index is 13.3. The van der Waals surface area contributed by atoms with Gasteiger partial charge in [-0.25, -0.2) is 18.0 Å². The van der Waals surface area contributed by atoms with Crippen molar-refractivity contribution in [1.29, 1.82) is 0 Å². The number of nitrogens with one attached hydrogen (secondary N) is 1. The van der Waals surface area contributed by atoms with E-state index in [9.17, 15) is 31.5 Å². The largest absolute Gasteiger partial charge is 0.490 e. The SMILES string of the molecule is Cc1ccc(C)c(S(=O)(=O)Nc2cc(C(=O)O)ccc2N2CCC(N3CCCCC3)CC2)c1.O=C(O)C(F)(F)F. The fraction of sp³-hybridized carbons (Fsp3) is 0.481. The molecule has 0 saturated carbocycles. The molecule has 40 heavy (non-hydrogen) atoms. The minimum atomic E-state index is -5.08. The summed E-state index contributed by atoms with van der Waals surface area (Å²) in [6.07, 6.45) is 0.797. The highest BCUT2D eigenvalue weighted by Crippen LogP contribution is 2.33. The van der Waals surface area contributed by atoms with Gasteiger partial charge in [-0.2, -0.15) is 13.2 Å². The lowest BCUT2D eigenvalue weighted by atomic mass is 9.99. The van der Waals surface area contributed by atoms with Crippen molar-refractivity contribution in [3.63, 3.8) is 0 Å². The molecule has 2 aliphatic rings. The normalized spacial score (nSPS) is 17.1. The summed E-state index contributed by atoms with van der Waals surface area (Å²) in [5.74, 6) is -3.84. The van der Waals surface area contributed by atoms with Crippen molar-refractivity contribution in [2.75, 3.05) is 35.8 Å². The van der Waals surface area contributed by atoms with Crippen molar-refractivity contribution in [2.45, 2.75) is 63.1 Å². The molecule has 2 saturated heterocycles. The minimum Gasteiger partial charge on any atom is -0.478 e. The predicted octanol–water partition coefficient (Wildman–Crippen LogP) is 4.89. The maximum atomic E-state index is 13.3. The molecule has 0 unspecified atom stereocenters. The topological polar surface area (TPSA) is 127 Å². The van der Waals surface area contributed by atoms with Crippen molar-refractivity contribution < 1.29 is 41.4 Å². The van der Waals surface area contributed by atoms with Crippen LogP contribution < -0.4 is 9.62 Å². The molecule has 0 amide bonds. The average molecular weight is 586 g/mol. The standard InChI is InChI=1S/C25H33N3O4S.C2HF3O2/c1-18-6-7-19(2)24(16-18)33(31,32)26-22-17-20(25(29)30)8-9-23(22)28-14-10-21(11-15-28)27-12-4-3-5-13-27;3-2(4,5)1(6)7/h6-9,16-17,21,26H,3-5,10-15H2,1-2H3,(H,29,30);(H,6,7). The molecule has 3 N–H and O–H groups in total. The molecule has 0 atom stereocenters. The third kappa shape index (κ3) is 8.10. The lowest BCUT2D eigenvalue weighted by Gasteiger charge is -2.41. The Morgan fingerprint density at radius 3 is 2.08 bits per heavy atom. The van der Waals surface area contributed by atoms with E-state index in [0.717, 1.165) is 37.2 Å². The number of hydrogen-bond donors (Lipinski definition) is 3. The molecule has 2 aromatic carbocycles. The van der Waals surface area contributed by atoms with Crippen LogP contribution in [0.25, 0.3) is 0 Å². The van der Waals surface area contributed by atoms with Crippen LogP contribution in [0.5, 0.6) is 0 Å². The number of piperidine rings is 2. The smallest absolute Gasteiger partial charge is 0.478 e. The first-order valence-corrected chi connectivity index (χ1v) is 14.4. The van der Waals surface area contributed by atoms with Crippen molar-refractivity contribution >= 4 is 33.3 Å². The van der Waals surface area contributed by atoms with E-state index < -0.39 is 28.1 Å². The molecule has 2 fully saturated rings. The Morgan fingerprint density at radius 2 is 1.52 bits per heavy atom. The molecule has 220 valence electrons. The highest BCUT2D eigenvalue weighted by molar-refractivity contribution is 7.92. The number of carboxylic acid groups (broad SMARTS) is 2. The second kappa shape index (κ2) is 12.9. The number of aliphatic carboxylic acids is 1. The summed E-state index contributed by atoms with van der Waals surface area (Å²) < 4.78 is 61.0. The van der Waals surface area contributed by atoms with Gasteiger partial charge in [-0.3, -0.25) is 4.72 Å². The van der Waals surface area contributed by atoms with Crippen LogP contribution >= 0.6 is 0 Å². The Labute approximate surface area is 231 Å². The number of carbonyl (C=O) groups is 2. The molecule has 2 heterocycles. The molecule has 13 heteroatoms. The Morgan fingerprint density at radius 1 is 0.925 bits per heavy atom. The molecule has 0 aromatic heterocycles. The van der Waals surface area contributed by atoms with Crippen LogP contribution in [0.2, 0.25) is 0 Å². The molecule has 4 rings (SSSR count). The summed E-state index contributed by atoms with van der Waals surface area (Å²) in [6.45, 7) is 7.56. The minimum absolute atomic E-state index is 0.0561. The highest BCUT2D eigenvalue weighted by Gasteiger charge is 2.38. The quantitative estimate of drug-likeness (QED) is 0.438. The molecule has 0 aliphatic carbocycles. The number of alkyl halides is 3. The van der Waals surface area contributed by atoms with E-state index in [4.69, 9.17) is 9.90 Å². The number of sulfonamides is 1. The number of benzene rings is 2. The average Bonchev–Trinajstić information content (AvgIpc) is 2.90. The fourth-order valence-corrected chi connectivity index (χ4v) is 6.37. The van der Waals surface area contributed by atoms with Gasteiger partial charge < -0.3 is 20.0 Å². The monoisotopic (exact) mass is 585 g/mol. The first-order chi connectivity index (χ1) is 18.7. The van der Waals surface area contributed by atoms with Gasteiger partial charge in [0.25, 0.3) is 10.0 Å². The van der Waals surface area contributed by atoms with Crippen LogP contribution in [-0.2, 0) is 14.8 Å². The summed E-state index contributed by atoms with van der Waals surface area (Å²) in [5.41, 5.74) is 2.59. The van der Waals surface area contributed by atoms with Crippen molar-refractivity contribution in [1.82, 2.24) is 4.90 Å². The lowest BCUT2D eigenvalue weighted by molar-refractivity contribution is -0.192. The molecular formula is C27H34F3N3O6S. The van der Waals surface area contributed by atoms with Gasteiger partial charge in [0.15, 0.2) is 0 Å². The Balaban J connectivity index is 0.000000559. The van der Waals surface area contributed by atoms with Crippen molar-refractivity contribution in [2.24, 2.45) is 0 Å². The second-order valence-electron chi connectivity index (χ2n) is 10.0. The van der Waals surface area contributed by atoms with E-state index in [1.165, 1.54) is 38.4 Å². The van der Waals surface area contributed by atoms with Crippen LogP contribution in [-0.4, -0.2) is 73.9 Å². The van der Waals surface area contributed by atoms with Crippen LogP contribution in [0.3, 0.4) is 0 Å². The fourth-order valence-electron chi connectivity index (χ4n) is 4.98. The third-order valence-electron chi connectivity index (χ3n) is 7.08. The molecule has 9 nitrogen and oxygen atoms in total. The van der Waals surface area contributed by atoms with Gasteiger partial charge in [0.2, 0.25) is 0 Å². The van der Waals surface area contributed by atoms with E-state index in [1.54, 1.807) is 31.2 Å². The summed E-state index contributed by atoms with van der Waals surface area (Å²) in [6, 6.07) is 10.6. The Kier molecular flexibility index (Phi) is 10.1. The van der Waals surface area contributed by atoms with Gasteiger partial charge >= 0.3 is 18.1 Å². The predicted molar refractivity (Wildman–Crippen MR) is 144 cm³/mol. The van der Waals surface area contributed by atoms with Gasteiger partial charge in [0.05, 0.1) is 21.8 Å². The first-order valence-electron chi connectivity index (χ1n) is 13.0. The molecule has 0 spiro atoms. The van der Waals surface area contributed by atoms with Crippen molar-refractivity contribution in [3.05, 3.63) is 53.1 Å². The number of halogens is 3. The molecule has 0 radical (unpaired) electrons. The molecule has 2 aliphatic heterocycles. The summed E-state index contributed by atoms with van der Waals surface area (Å²) in [7, 11) is -3.88. The van der Waals surface area contributed by atoms with Crippen LogP contribution in [0, 0.1) is 13.8 Å². The Bertz CT molecular complexity index is 1320. The van der Waals surface area contributed by atoms with Crippen molar-refractivity contribution in [3.8, 4) is 0 Å². The van der Waals surface area contributed by atoms with Gasteiger partial charge in [-0.15, -0.1) is 0 Å². The van der Waals surface area contributed by atoms with E-state index in [0.29, 0.717) is 17.3 Å². The lowest BCUT2D eigenvalue weighted by Crippen LogP contribution is -2.46. The van der Waals surface area contributed by atoms with Crippen LogP contribution in [0.15, 0.2) is 41.3 Å². The number of aromatic carboxylic acids is 1. The number of rotatable bonds is 6. The number of hydrogen-bond acceptors (Lipinski definition) is 6. The summed E-state index contributed by atoms with van der Waals surface area (Å²) in [5, 5.41) is 16.6. The number of anilines is 2. The number of nitrogens with zero attached hydrogens (tertiary/aromatic N) is 2. The molecule has 0 bridgehead atoms. The zero-order valence-electron chi connectivity index (χ0n) is 22.4. The molecule has 2 aromatic rings. The van der Waals surface area contributed by atoms with Crippen LogP contribution in [0.4, 0.5) is 24.5 Å². The maximum Gasteiger partial charge on any atom is 0.490 e. The third-order valence-corrected chi connectivity index (χ3v) is 8.58. The van der Waals surface area contributed by atoms with E-state index in [1.807, 2.05) is 13.0 Å². The summed E-state index contributed by atoms with van der Waals surface area (Å²) >= 11 is 0. The zero-order valence-corrected chi connectivity index (χ0v) is 23.2. The highest BCUT2D eigenvalue weighted by atomic mass is 32.2. The number of carboxylic acids is 2. The van der Waals surface area contributed by atoms with Gasteiger partial charge in [-0.05, 0) is 88.0 Å². The first kappa shape index (κ1) is 31.2. The molecular weight excluding hydrogens is 551 g/mol. The van der Waals surface area contributed by atoms with E-state index >= 15 is 0 Å². The van der Waals surface area contributed by atoms with Crippen LogP contribution in [0.1, 0.15) is 53.6 Å². The zero-order chi connectivity index (χ0) is 29.7. The van der Waals surface area contributed by atoms with E-state index in [2.05, 4.69) is 14.5 Å². The number of aryl methyl sites for hydroxylation is 2. The van der Waals surface area contributed by atoms with E-state index in [-0.39, 0.29) is 10.5 Å². The number of likely N-dealkylation sites (tertiary alicyclic amines) is 1. The second-order valence-corrected chi connectivity index (χ2v) is 11.7. The van der Waals surface area contributed by atoms with Gasteiger partial charge in [0.1, 0.15) is 0 Å². The van der Waals surface area contributed by atoms with Gasteiger partial charge in [-0.1, -0.05) is 18.6 Å². The summed E-state index contributed by atoms with van der Waals surface area (Å²) in [4.78, 5) is 25.5.